The van der Waals surface area contributed by atoms with Crippen LogP contribution < -0.4 is 5.56 Å². The molecule has 2 aromatic rings. The summed E-state index contributed by atoms with van der Waals surface area (Å²) < 4.78 is 3.71. The molecule has 3 heterocycles. The average Bonchev–Trinajstić information content (AvgIpc) is 3.12. The minimum atomic E-state index is -0.105. The molecule has 0 aromatic carbocycles. The van der Waals surface area contributed by atoms with E-state index in [4.69, 9.17) is 0 Å². The summed E-state index contributed by atoms with van der Waals surface area (Å²) in [4.78, 5) is 32.9. The standard InChI is InChI=1S/C20H29N5O2/c1-22(2)10-4-11-24-14-9-21-19(24)16-7-12-25(13-8-16)20(27)17-5-6-18(26)23(3)15-17/h5-6,9,14-16H,4,7-8,10-13H2,1-3H3. The minimum Gasteiger partial charge on any atom is -0.339 e. The summed E-state index contributed by atoms with van der Waals surface area (Å²) in [5.41, 5.74) is 0.465. The number of amides is 1. The van der Waals surface area contributed by atoms with E-state index < -0.39 is 0 Å². The number of imidazole rings is 1. The molecule has 0 unspecified atom stereocenters. The average molecular weight is 371 g/mol. The second-order valence-corrected chi connectivity index (χ2v) is 7.57. The van der Waals surface area contributed by atoms with Crippen LogP contribution in [0.25, 0.3) is 0 Å². The van der Waals surface area contributed by atoms with Crippen molar-refractivity contribution in [1.82, 2.24) is 23.9 Å². The van der Waals surface area contributed by atoms with Crippen molar-refractivity contribution in [1.29, 1.82) is 0 Å². The van der Waals surface area contributed by atoms with Crippen LogP contribution in [0.4, 0.5) is 0 Å². The maximum Gasteiger partial charge on any atom is 0.255 e. The van der Waals surface area contributed by atoms with Gasteiger partial charge >= 0.3 is 0 Å². The van der Waals surface area contributed by atoms with Crippen LogP contribution in [-0.2, 0) is 13.6 Å². The van der Waals surface area contributed by atoms with Crippen molar-refractivity contribution in [2.75, 3.05) is 33.7 Å². The number of hydrogen-bond donors (Lipinski definition) is 0. The van der Waals surface area contributed by atoms with E-state index in [0.29, 0.717) is 11.5 Å². The highest BCUT2D eigenvalue weighted by atomic mass is 16.2. The zero-order chi connectivity index (χ0) is 19.4. The SMILES string of the molecule is CN(C)CCCn1ccnc1C1CCN(C(=O)c2ccc(=O)n(C)c2)CC1. The Labute approximate surface area is 160 Å². The fraction of sp³-hybridized carbons (Fsp3) is 0.550. The third kappa shape index (κ3) is 4.66. The summed E-state index contributed by atoms with van der Waals surface area (Å²) in [7, 11) is 5.85. The van der Waals surface area contributed by atoms with Gasteiger partial charge in [-0.15, -0.1) is 0 Å². The Morgan fingerprint density at radius 2 is 2.00 bits per heavy atom. The smallest absolute Gasteiger partial charge is 0.255 e. The molecule has 0 aliphatic carbocycles. The number of carbonyl (C=O) groups is 1. The molecule has 0 atom stereocenters. The van der Waals surface area contributed by atoms with Gasteiger partial charge in [-0.1, -0.05) is 0 Å². The Bertz CT molecular complexity index is 831. The van der Waals surface area contributed by atoms with Gasteiger partial charge in [-0.2, -0.15) is 0 Å². The molecule has 1 aliphatic heterocycles. The molecule has 0 spiro atoms. The molecule has 7 nitrogen and oxygen atoms in total. The van der Waals surface area contributed by atoms with E-state index in [1.54, 1.807) is 19.3 Å². The first-order valence-corrected chi connectivity index (χ1v) is 9.57. The molecule has 2 aromatic heterocycles. The van der Waals surface area contributed by atoms with Gasteiger partial charge < -0.3 is 18.9 Å². The molecule has 0 saturated carbocycles. The van der Waals surface area contributed by atoms with Gasteiger partial charge in [0.25, 0.3) is 5.91 Å². The van der Waals surface area contributed by atoms with Crippen LogP contribution in [0.5, 0.6) is 0 Å². The van der Waals surface area contributed by atoms with Crippen LogP contribution in [-0.4, -0.2) is 63.6 Å². The van der Waals surface area contributed by atoms with Crippen molar-refractivity contribution in [2.45, 2.75) is 31.7 Å². The largest absolute Gasteiger partial charge is 0.339 e. The van der Waals surface area contributed by atoms with Gasteiger partial charge in [0.2, 0.25) is 5.56 Å². The molecule has 7 heteroatoms. The number of pyridine rings is 1. The zero-order valence-electron chi connectivity index (χ0n) is 16.5. The highest BCUT2D eigenvalue weighted by molar-refractivity contribution is 5.93. The molecule has 0 N–H and O–H groups in total. The van der Waals surface area contributed by atoms with Crippen molar-refractivity contribution in [3.63, 3.8) is 0 Å². The molecular weight excluding hydrogens is 342 g/mol. The van der Waals surface area contributed by atoms with E-state index in [0.717, 1.165) is 51.3 Å². The van der Waals surface area contributed by atoms with Gasteiger partial charge in [-0.3, -0.25) is 9.59 Å². The zero-order valence-corrected chi connectivity index (χ0v) is 16.5. The second kappa shape index (κ2) is 8.52. The first kappa shape index (κ1) is 19.4. The third-order valence-electron chi connectivity index (χ3n) is 5.23. The van der Waals surface area contributed by atoms with Crippen molar-refractivity contribution in [3.8, 4) is 0 Å². The van der Waals surface area contributed by atoms with E-state index in [9.17, 15) is 9.59 Å². The summed E-state index contributed by atoms with van der Waals surface area (Å²) in [6, 6.07) is 3.07. The lowest BCUT2D eigenvalue weighted by Gasteiger charge is -2.32. The molecular formula is C20H29N5O2. The number of hydrogen-bond acceptors (Lipinski definition) is 4. The third-order valence-corrected chi connectivity index (χ3v) is 5.23. The maximum atomic E-state index is 12.7. The van der Waals surface area contributed by atoms with Crippen LogP contribution in [0.3, 0.4) is 0 Å². The Morgan fingerprint density at radius 1 is 1.26 bits per heavy atom. The summed E-state index contributed by atoms with van der Waals surface area (Å²) in [5, 5.41) is 0. The van der Waals surface area contributed by atoms with Crippen LogP contribution in [0.1, 0.15) is 41.4 Å². The first-order chi connectivity index (χ1) is 13.0. The van der Waals surface area contributed by atoms with E-state index in [1.165, 1.54) is 10.6 Å². The molecule has 27 heavy (non-hydrogen) atoms. The van der Waals surface area contributed by atoms with Gasteiger partial charge in [0, 0.05) is 57.3 Å². The Kier molecular flexibility index (Phi) is 6.11. The monoisotopic (exact) mass is 371 g/mol. The molecule has 1 aliphatic rings. The van der Waals surface area contributed by atoms with Crippen LogP contribution in [0.15, 0.2) is 35.5 Å². The normalized spacial score (nSPS) is 15.5. The fourth-order valence-corrected chi connectivity index (χ4v) is 3.67. The topological polar surface area (TPSA) is 63.4 Å². The van der Waals surface area contributed by atoms with E-state index in [-0.39, 0.29) is 11.5 Å². The predicted molar refractivity (Wildman–Crippen MR) is 105 cm³/mol. The quantitative estimate of drug-likeness (QED) is 0.773. The highest BCUT2D eigenvalue weighted by Gasteiger charge is 2.27. The number of rotatable bonds is 6. The Morgan fingerprint density at radius 3 is 2.67 bits per heavy atom. The number of likely N-dealkylation sites (tertiary alicyclic amines) is 1. The molecule has 146 valence electrons. The fourth-order valence-electron chi connectivity index (χ4n) is 3.67. The van der Waals surface area contributed by atoms with Gasteiger partial charge in [0.15, 0.2) is 0 Å². The molecule has 1 fully saturated rings. The van der Waals surface area contributed by atoms with Gasteiger partial charge in [0.05, 0.1) is 5.56 Å². The number of piperidine rings is 1. The van der Waals surface area contributed by atoms with E-state index in [2.05, 4.69) is 34.7 Å². The molecule has 3 rings (SSSR count). The number of aromatic nitrogens is 3. The number of nitrogens with zero attached hydrogens (tertiary/aromatic N) is 5. The Balaban J connectivity index is 1.59. The molecule has 1 amide bonds. The predicted octanol–water partition coefficient (Wildman–Crippen LogP) is 1.55. The van der Waals surface area contributed by atoms with E-state index >= 15 is 0 Å². The molecule has 0 bridgehead atoms. The molecule has 0 radical (unpaired) electrons. The van der Waals surface area contributed by atoms with Crippen LogP contribution >= 0.6 is 0 Å². The van der Waals surface area contributed by atoms with Crippen LogP contribution in [0.2, 0.25) is 0 Å². The maximum absolute atomic E-state index is 12.7. The summed E-state index contributed by atoms with van der Waals surface area (Å²) in [6.07, 6.45) is 8.50. The van der Waals surface area contributed by atoms with Crippen molar-refractivity contribution < 1.29 is 4.79 Å². The first-order valence-electron chi connectivity index (χ1n) is 9.57. The summed E-state index contributed by atoms with van der Waals surface area (Å²) in [5.74, 6) is 1.53. The van der Waals surface area contributed by atoms with Crippen molar-refractivity contribution >= 4 is 5.91 Å². The van der Waals surface area contributed by atoms with Gasteiger partial charge in [-0.25, -0.2) is 4.98 Å². The second-order valence-electron chi connectivity index (χ2n) is 7.57. The van der Waals surface area contributed by atoms with Gasteiger partial charge in [-0.05, 0) is 46.0 Å². The van der Waals surface area contributed by atoms with Gasteiger partial charge in [0.1, 0.15) is 5.82 Å². The van der Waals surface area contributed by atoms with Crippen molar-refractivity contribution in [2.24, 2.45) is 7.05 Å². The minimum absolute atomic E-state index is 0.00150. The number of carbonyl (C=O) groups excluding carboxylic acids is 1. The Hall–Kier alpha value is -2.41. The van der Waals surface area contributed by atoms with E-state index in [1.807, 2.05) is 11.1 Å². The summed E-state index contributed by atoms with van der Waals surface area (Å²) in [6.45, 7) is 3.47. The number of aryl methyl sites for hydroxylation is 2. The highest BCUT2D eigenvalue weighted by Crippen LogP contribution is 2.27. The molecule has 1 saturated heterocycles. The summed E-state index contributed by atoms with van der Waals surface area (Å²) >= 11 is 0. The lowest BCUT2D eigenvalue weighted by Crippen LogP contribution is -2.38. The van der Waals surface area contributed by atoms with Crippen molar-refractivity contribution in [3.05, 3.63) is 52.5 Å². The van der Waals surface area contributed by atoms with Crippen LogP contribution in [0, 0.1) is 0 Å². The lowest BCUT2D eigenvalue weighted by atomic mass is 9.95. The lowest BCUT2D eigenvalue weighted by molar-refractivity contribution is 0.0709.